The van der Waals surface area contributed by atoms with Gasteiger partial charge in [0, 0.05) is 5.57 Å². The summed E-state index contributed by atoms with van der Waals surface area (Å²) in [6.45, 7) is 3.89. The Morgan fingerprint density at radius 1 is 1.36 bits per heavy atom. The van der Waals surface area contributed by atoms with Gasteiger partial charge in [-0.05, 0) is 11.5 Å². The van der Waals surface area contributed by atoms with Crippen molar-refractivity contribution < 1.29 is 4.92 Å². The average Bonchev–Trinajstić information content (AvgIpc) is 2.15. The van der Waals surface area contributed by atoms with Crippen molar-refractivity contribution in [2.75, 3.05) is 0 Å². The lowest BCUT2D eigenvalue weighted by molar-refractivity contribution is -0.401. The molecule has 0 bridgehead atoms. The first-order valence-electron chi connectivity index (χ1n) is 4.52. The topological polar surface area (TPSA) is 43.1 Å². The Labute approximate surface area is 83.2 Å². The predicted octanol–water partition coefficient (Wildman–Crippen LogP) is 2.96. The zero-order valence-corrected chi connectivity index (χ0v) is 8.31. The summed E-state index contributed by atoms with van der Waals surface area (Å²) in [6.07, 6.45) is 1.08. The van der Waals surface area contributed by atoms with Crippen molar-refractivity contribution in [2.45, 2.75) is 13.8 Å². The van der Waals surface area contributed by atoms with Gasteiger partial charge in [0.25, 0.3) is 0 Å². The number of hydrogen-bond acceptors (Lipinski definition) is 2. The quantitative estimate of drug-likeness (QED) is 0.544. The highest BCUT2D eigenvalue weighted by Gasteiger charge is 2.09. The maximum atomic E-state index is 10.4. The molecule has 0 aliphatic heterocycles. The number of hydrogen-bond donors (Lipinski definition) is 0. The van der Waals surface area contributed by atoms with Crippen LogP contribution in [0.1, 0.15) is 19.4 Å². The molecule has 3 heteroatoms. The predicted molar refractivity (Wildman–Crippen MR) is 56.3 cm³/mol. The van der Waals surface area contributed by atoms with Gasteiger partial charge in [0.15, 0.2) is 0 Å². The minimum absolute atomic E-state index is 0.155. The Morgan fingerprint density at radius 2 is 1.93 bits per heavy atom. The van der Waals surface area contributed by atoms with E-state index in [1.807, 2.05) is 44.2 Å². The lowest BCUT2D eigenvalue weighted by atomic mass is 9.96. The molecule has 1 aromatic rings. The van der Waals surface area contributed by atoms with Gasteiger partial charge in [-0.15, -0.1) is 0 Å². The van der Waals surface area contributed by atoms with Crippen LogP contribution in [0, 0.1) is 16.0 Å². The molecule has 0 aliphatic rings. The zero-order chi connectivity index (χ0) is 10.6. The van der Waals surface area contributed by atoms with Gasteiger partial charge >= 0.3 is 0 Å². The first-order valence-corrected chi connectivity index (χ1v) is 4.52. The molecule has 0 unspecified atom stereocenters. The van der Waals surface area contributed by atoms with Crippen LogP contribution in [0.3, 0.4) is 0 Å². The fraction of sp³-hybridized carbons (Fsp3) is 0.273. The van der Waals surface area contributed by atoms with Gasteiger partial charge in [0.2, 0.25) is 6.20 Å². The smallest absolute Gasteiger partial charge is 0.238 e. The number of allylic oxidation sites excluding steroid dienone is 1. The molecular weight excluding hydrogens is 178 g/mol. The van der Waals surface area contributed by atoms with E-state index < -0.39 is 4.92 Å². The lowest BCUT2D eigenvalue weighted by Crippen LogP contribution is -1.97. The number of benzene rings is 1. The van der Waals surface area contributed by atoms with Crippen molar-refractivity contribution in [3.8, 4) is 0 Å². The average molecular weight is 191 g/mol. The van der Waals surface area contributed by atoms with Crippen LogP contribution in [-0.2, 0) is 0 Å². The summed E-state index contributed by atoms with van der Waals surface area (Å²) in [6, 6.07) is 9.43. The van der Waals surface area contributed by atoms with Gasteiger partial charge in [0.1, 0.15) is 0 Å². The van der Waals surface area contributed by atoms with Crippen LogP contribution in [0.25, 0.3) is 5.57 Å². The van der Waals surface area contributed by atoms with E-state index in [1.54, 1.807) is 0 Å². The maximum Gasteiger partial charge on any atom is 0.238 e. The standard InChI is InChI=1S/C11H13NO2/c1-9(2)11(8-12(13)14)10-6-4-3-5-7-10/h3-9H,1-2H3/b11-8+. The molecule has 0 radical (unpaired) electrons. The summed E-state index contributed by atoms with van der Waals surface area (Å²) in [7, 11) is 0. The second-order valence-electron chi connectivity index (χ2n) is 3.39. The molecule has 0 N–H and O–H groups in total. The van der Waals surface area contributed by atoms with E-state index in [9.17, 15) is 10.1 Å². The normalized spacial score (nSPS) is 11.8. The Bertz CT molecular complexity index is 342. The zero-order valence-electron chi connectivity index (χ0n) is 8.31. The van der Waals surface area contributed by atoms with Crippen LogP contribution in [0.15, 0.2) is 36.5 Å². The third kappa shape index (κ3) is 2.69. The summed E-state index contributed by atoms with van der Waals surface area (Å²) in [4.78, 5) is 10.0. The molecule has 0 saturated heterocycles. The fourth-order valence-electron chi connectivity index (χ4n) is 1.30. The van der Waals surface area contributed by atoms with Gasteiger partial charge in [-0.1, -0.05) is 44.2 Å². The molecule has 0 saturated carbocycles. The number of rotatable bonds is 3. The highest BCUT2D eigenvalue weighted by atomic mass is 16.6. The largest absolute Gasteiger partial charge is 0.259 e. The van der Waals surface area contributed by atoms with E-state index >= 15 is 0 Å². The first kappa shape index (κ1) is 10.4. The van der Waals surface area contributed by atoms with Gasteiger partial charge < -0.3 is 0 Å². The summed E-state index contributed by atoms with van der Waals surface area (Å²) >= 11 is 0. The monoisotopic (exact) mass is 191 g/mol. The van der Waals surface area contributed by atoms with Crippen LogP contribution >= 0.6 is 0 Å². The molecule has 1 rings (SSSR count). The molecule has 0 aromatic heterocycles. The van der Waals surface area contributed by atoms with Crippen molar-refractivity contribution in [1.29, 1.82) is 0 Å². The number of nitro groups is 1. The number of nitrogens with zero attached hydrogens (tertiary/aromatic N) is 1. The molecule has 0 atom stereocenters. The van der Waals surface area contributed by atoms with E-state index in [2.05, 4.69) is 0 Å². The molecule has 14 heavy (non-hydrogen) atoms. The second-order valence-corrected chi connectivity index (χ2v) is 3.39. The third-order valence-corrected chi connectivity index (χ3v) is 1.97. The molecule has 3 nitrogen and oxygen atoms in total. The van der Waals surface area contributed by atoms with E-state index in [0.717, 1.165) is 17.3 Å². The van der Waals surface area contributed by atoms with Crippen LogP contribution in [-0.4, -0.2) is 4.92 Å². The summed E-state index contributed by atoms with van der Waals surface area (Å²) < 4.78 is 0. The molecule has 74 valence electrons. The summed E-state index contributed by atoms with van der Waals surface area (Å²) in [5, 5.41) is 10.4. The SMILES string of the molecule is CC(C)/C(=C\[N+](=O)[O-])c1ccccc1. The minimum atomic E-state index is -0.400. The van der Waals surface area contributed by atoms with Crippen molar-refractivity contribution in [1.82, 2.24) is 0 Å². The first-order chi connectivity index (χ1) is 6.61. The van der Waals surface area contributed by atoms with Gasteiger partial charge in [0.05, 0.1) is 4.92 Å². The van der Waals surface area contributed by atoms with Gasteiger partial charge in [-0.25, -0.2) is 0 Å². The second kappa shape index (κ2) is 4.56. The van der Waals surface area contributed by atoms with E-state index in [4.69, 9.17) is 0 Å². The third-order valence-electron chi connectivity index (χ3n) is 1.97. The molecule has 0 amide bonds. The van der Waals surface area contributed by atoms with Gasteiger partial charge in [-0.3, -0.25) is 10.1 Å². The van der Waals surface area contributed by atoms with E-state index in [1.165, 1.54) is 0 Å². The molecular formula is C11H13NO2. The molecule has 0 aliphatic carbocycles. The Hall–Kier alpha value is -1.64. The van der Waals surface area contributed by atoms with Crippen LogP contribution in [0.2, 0.25) is 0 Å². The van der Waals surface area contributed by atoms with Crippen molar-refractivity contribution >= 4 is 5.57 Å². The lowest BCUT2D eigenvalue weighted by Gasteiger charge is -2.07. The highest BCUT2D eigenvalue weighted by Crippen LogP contribution is 2.22. The van der Waals surface area contributed by atoms with Gasteiger partial charge in [-0.2, -0.15) is 0 Å². The fourth-order valence-corrected chi connectivity index (χ4v) is 1.30. The summed E-state index contributed by atoms with van der Waals surface area (Å²) in [5.41, 5.74) is 1.68. The Morgan fingerprint density at radius 3 is 2.36 bits per heavy atom. The Kier molecular flexibility index (Phi) is 3.40. The van der Waals surface area contributed by atoms with Crippen molar-refractivity contribution in [3.63, 3.8) is 0 Å². The Balaban J connectivity index is 3.08. The van der Waals surface area contributed by atoms with Crippen LogP contribution in [0.4, 0.5) is 0 Å². The maximum absolute atomic E-state index is 10.4. The van der Waals surface area contributed by atoms with E-state index in [0.29, 0.717) is 0 Å². The van der Waals surface area contributed by atoms with Crippen LogP contribution in [0.5, 0.6) is 0 Å². The van der Waals surface area contributed by atoms with Crippen molar-refractivity contribution in [3.05, 3.63) is 52.2 Å². The summed E-state index contributed by atoms with van der Waals surface area (Å²) in [5.74, 6) is 0.155. The molecule has 0 spiro atoms. The molecule has 1 aromatic carbocycles. The molecule has 0 heterocycles. The van der Waals surface area contributed by atoms with E-state index in [-0.39, 0.29) is 5.92 Å². The van der Waals surface area contributed by atoms with Crippen molar-refractivity contribution in [2.24, 2.45) is 5.92 Å². The van der Waals surface area contributed by atoms with Crippen LogP contribution < -0.4 is 0 Å². The minimum Gasteiger partial charge on any atom is -0.259 e. The molecule has 0 fully saturated rings. The highest BCUT2D eigenvalue weighted by molar-refractivity contribution is 5.65.